The van der Waals surface area contributed by atoms with Gasteiger partial charge in [-0.15, -0.1) is 0 Å². The Morgan fingerprint density at radius 2 is 2.18 bits per heavy atom. The average molecular weight is 233 g/mol. The number of rotatable bonds is 4. The molecule has 1 amide bonds. The second-order valence-electron chi connectivity index (χ2n) is 4.33. The van der Waals surface area contributed by atoms with Crippen LogP contribution in [0, 0.1) is 0 Å². The van der Waals surface area contributed by atoms with Gasteiger partial charge in [-0.05, 0) is 31.4 Å². The van der Waals surface area contributed by atoms with E-state index in [0.29, 0.717) is 5.69 Å². The number of likely N-dealkylation sites (tertiary alicyclic amines) is 1. The summed E-state index contributed by atoms with van der Waals surface area (Å²) in [6, 6.07) is 5.57. The molecule has 1 aliphatic heterocycles. The van der Waals surface area contributed by atoms with Crippen LogP contribution in [0.2, 0.25) is 0 Å². The molecule has 1 aromatic rings. The van der Waals surface area contributed by atoms with Crippen molar-refractivity contribution in [3.63, 3.8) is 0 Å². The molecule has 4 heteroatoms. The first-order chi connectivity index (χ1) is 8.31. The van der Waals surface area contributed by atoms with Gasteiger partial charge in [0.1, 0.15) is 11.5 Å². The van der Waals surface area contributed by atoms with Gasteiger partial charge in [-0.1, -0.05) is 13.0 Å². The summed E-state index contributed by atoms with van der Waals surface area (Å²) in [7, 11) is 0. The Morgan fingerprint density at radius 1 is 1.41 bits per heavy atom. The Balaban J connectivity index is 2.06. The fourth-order valence-electron chi connectivity index (χ4n) is 1.99. The summed E-state index contributed by atoms with van der Waals surface area (Å²) in [5, 5.41) is 3.20. The average Bonchev–Trinajstić information content (AvgIpc) is 2.89. The zero-order valence-corrected chi connectivity index (χ0v) is 10.3. The number of hydrogen-bond donors (Lipinski definition) is 1. The van der Waals surface area contributed by atoms with E-state index in [0.717, 1.165) is 44.7 Å². The molecule has 0 unspecified atom stereocenters. The number of hydrogen-bond acceptors (Lipinski definition) is 3. The molecule has 2 rings (SSSR count). The first kappa shape index (κ1) is 11.9. The summed E-state index contributed by atoms with van der Waals surface area (Å²) in [6.45, 7) is 4.72. The third-order valence-electron chi connectivity index (χ3n) is 2.92. The predicted octanol–water partition coefficient (Wildman–Crippen LogP) is 2.14. The molecule has 2 heterocycles. The largest absolute Gasteiger partial charge is 0.370 e. The summed E-state index contributed by atoms with van der Waals surface area (Å²) in [5.74, 6) is 0.847. The Bertz CT molecular complexity index is 386. The normalized spacial score (nSPS) is 15.0. The Labute approximate surface area is 102 Å². The lowest BCUT2D eigenvalue weighted by atomic mass is 10.3. The number of amides is 1. The summed E-state index contributed by atoms with van der Waals surface area (Å²) < 4.78 is 0. The van der Waals surface area contributed by atoms with E-state index < -0.39 is 0 Å². The maximum absolute atomic E-state index is 12.1. The van der Waals surface area contributed by atoms with Gasteiger partial charge in [0, 0.05) is 19.6 Å². The molecule has 1 fully saturated rings. The molecule has 4 nitrogen and oxygen atoms in total. The zero-order chi connectivity index (χ0) is 12.1. The van der Waals surface area contributed by atoms with Gasteiger partial charge in [0.15, 0.2) is 0 Å². The van der Waals surface area contributed by atoms with Crippen LogP contribution >= 0.6 is 0 Å². The van der Waals surface area contributed by atoms with Crippen LogP contribution in [-0.2, 0) is 0 Å². The van der Waals surface area contributed by atoms with Crippen LogP contribution in [0.15, 0.2) is 18.2 Å². The van der Waals surface area contributed by atoms with Gasteiger partial charge in [-0.25, -0.2) is 4.98 Å². The van der Waals surface area contributed by atoms with Crippen LogP contribution in [0.5, 0.6) is 0 Å². The van der Waals surface area contributed by atoms with Gasteiger partial charge < -0.3 is 10.2 Å². The van der Waals surface area contributed by atoms with Crippen molar-refractivity contribution in [2.45, 2.75) is 26.2 Å². The number of carbonyl (C=O) groups is 1. The fraction of sp³-hybridized carbons (Fsp3) is 0.538. The lowest BCUT2D eigenvalue weighted by Crippen LogP contribution is -2.28. The van der Waals surface area contributed by atoms with Crippen LogP contribution in [0.25, 0.3) is 0 Å². The molecule has 0 spiro atoms. The van der Waals surface area contributed by atoms with Gasteiger partial charge in [-0.2, -0.15) is 0 Å². The van der Waals surface area contributed by atoms with Crippen molar-refractivity contribution in [2.75, 3.05) is 25.0 Å². The van der Waals surface area contributed by atoms with Crippen LogP contribution in [0.1, 0.15) is 36.7 Å². The minimum absolute atomic E-state index is 0.0580. The Kier molecular flexibility index (Phi) is 3.96. The number of carbonyl (C=O) groups excluding carboxylic acids is 1. The van der Waals surface area contributed by atoms with E-state index in [1.165, 1.54) is 0 Å². The quantitative estimate of drug-likeness (QED) is 0.866. The highest BCUT2D eigenvalue weighted by atomic mass is 16.2. The van der Waals surface area contributed by atoms with Gasteiger partial charge in [0.05, 0.1) is 0 Å². The first-order valence-corrected chi connectivity index (χ1v) is 6.31. The second kappa shape index (κ2) is 5.66. The summed E-state index contributed by atoms with van der Waals surface area (Å²) in [6.07, 6.45) is 3.27. The van der Waals surface area contributed by atoms with Crippen molar-refractivity contribution in [3.8, 4) is 0 Å². The molecule has 0 aliphatic carbocycles. The third-order valence-corrected chi connectivity index (χ3v) is 2.92. The highest BCUT2D eigenvalue weighted by Crippen LogP contribution is 2.13. The van der Waals surface area contributed by atoms with Crippen molar-refractivity contribution in [2.24, 2.45) is 0 Å². The number of anilines is 1. The lowest BCUT2D eigenvalue weighted by molar-refractivity contribution is 0.0787. The molecule has 17 heavy (non-hydrogen) atoms. The molecular weight excluding hydrogens is 214 g/mol. The molecule has 0 aromatic carbocycles. The number of nitrogens with zero attached hydrogens (tertiary/aromatic N) is 2. The van der Waals surface area contributed by atoms with Crippen molar-refractivity contribution >= 4 is 11.7 Å². The maximum Gasteiger partial charge on any atom is 0.272 e. The van der Waals surface area contributed by atoms with Gasteiger partial charge in [0.25, 0.3) is 5.91 Å². The topological polar surface area (TPSA) is 45.2 Å². The highest BCUT2D eigenvalue weighted by molar-refractivity contribution is 5.92. The van der Waals surface area contributed by atoms with E-state index in [1.807, 2.05) is 17.0 Å². The van der Waals surface area contributed by atoms with Crippen LogP contribution in [0.3, 0.4) is 0 Å². The second-order valence-corrected chi connectivity index (χ2v) is 4.33. The summed E-state index contributed by atoms with van der Waals surface area (Å²) in [5.41, 5.74) is 0.549. The van der Waals surface area contributed by atoms with Crippen LogP contribution < -0.4 is 5.32 Å². The summed E-state index contributed by atoms with van der Waals surface area (Å²) >= 11 is 0. The van der Waals surface area contributed by atoms with E-state index in [-0.39, 0.29) is 5.91 Å². The van der Waals surface area contributed by atoms with E-state index >= 15 is 0 Å². The molecular formula is C13H19N3O. The molecule has 0 bridgehead atoms. The minimum atomic E-state index is 0.0580. The van der Waals surface area contributed by atoms with Crippen molar-refractivity contribution in [1.29, 1.82) is 0 Å². The number of aromatic nitrogens is 1. The van der Waals surface area contributed by atoms with Gasteiger partial charge >= 0.3 is 0 Å². The third kappa shape index (κ3) is 2.96. The lowest BCUT2D eigenvalue weighted by Gasteiger charge is -2.15. The molecule has 1 N–H and O–H groups in total. The van der Waals surface area contributed by atoms with E-state index in [9.17, 15) is 4.79 Å². The standard InChI is InChI=1S/C13H19N3O/c1-2-8-14-12-7-5-6-11(15-12)13(17)16-9-3-4-10-16/h5-7H,2-4,8-10H2,1H3,(H,14,15). The fourth-order valence-corrected chi connectivity index (χ4v) is 1.99. The zero-order valence-electron chi connectivity index (χ0n) is 10.3. The van der Waals surface area contributed by atoms with Crippen molar-refractivity contribution in [1.82, 2.24) is 9.88 Å². The number of nitrogens with one attached hydrogen (secondary N) is 1. The monoisotopic (exact) mass is 233 g/mol. The Morgan fingerprint density at radius 3 is 2.88 bits per heavy atom. The van der Waals surface area contributed by atoms with Gasteiger partial charge in [0.2, 0.25) is 0 Å². The molecule has 1 aromatic heterocycles. The Hall–Kier alpha value is -1.58. The summed E-state index contributed by atoms with van der Waals surface area (Å²) in [4.78, 5) is 18.3. The molecule has 0 radical (unpaired) electrons. The van der Waals surface area contributed by atoms with Crippen LogP contribution in [-0.4, -0.2) is 35.4 Å². The van der Waals surface area contributed by atoms with Crippen molar-refractivity contribution < 1.29 is 4.79 Å². The molecule has 0 saturated carbocycles. The maximum atomic E-state index is 12.1. The molecule has 92 valence electrons. The van der Waals surface area contributed by atoms with Crippen molar-refractivity contribution in [3.05, 3.63) is 23.9 Å². The van der Waals surface area contributed by atoms with E-state index in [4.69, 9.17) is 0 Å². The van der Waals surface area contributed by atoms with Gasteiger partial charge in [-0.3, -0.25) is 4.79 Å². The smallest absolute Gasteiger partial charge is 0.272 e. The number of pyridine rings is 1. The molecule has 1 aliphatic rings. The van der Waals surface area contributed by atoms with E-state index in [1.54, 1.807) is 6.07 Å². The predicted molar refractivity (Wildman–Crippen MR) is 68.2 cm³/mol. The minimum Gasteiger partial charge on any atom is -0.370 e. The molecule has 0 atom stereocenters. The molecule has 1 saturated heterocycles. The van der Waals surface area contributed by atoms with E-state index in [2.05, 4.69) is 17.2 Å². The SMILES string of the molecule is CCCNc1cccc(C(=O)N2CCCC2)n1. The van der Waals surface area contributed by atoms with Crippen LogP contribution in [0.4, 0.5) is 5.82 Å². The highest BCUT2D eigenvalue weighted by Gasteiger charge is 2.20. The first-order valence-electron chi connectivity index (χ1n) is 6.31.